The Balaban J connectivity index is 1.97. The van der Waals surface area contributed by atoms with Crippen molar-refractivity contribution in [3.63, 3.8) is 0 Å². The monoisotopic (exact) mass is 530 g/mol. The Labute approximate surface area is 212 Å². The summed E-state index contributed by atoms with van der Waals surface area (Å²) in [5.41, 5.74) is 0.846. The third-order valence-corrected chi connectivity index (χ3v) is 4.92. The first-order valence-electron chi connectivity index (χ1n) is 10.6. The van der Waals surface area contributed by atoms with Gasteiger partial charge in [-0.15, -0.1) is 0 Å². The number of carbonyl (C=O) groups is 2. The summed E-state index contributed by atoms with van der Waals surface area (Å²) in [5.74, 6) is -2.16. The van der Waals surface area contributed by atoms with Gasteiger partial charge in [-0.3, -0.25) is 9.59 Å². The highest BCUT2D eigenvalue weighted by Crippen LogP contribution is 2.24. The fourth-order valence-electron chi connectivity index (χ4n) is 3.07. The van der Waals surface area contributed by atoms with E-state index in [0.717, 1.165) is 54.1 Å². The van der Waals surface area contributed by atoms with Crippen LogP contribution in [0.25, 0.3) is 12.2 Å². The first-order valence-corrected chi connectivity index (χ1v) is 10.6. The Hall–Kier alpha value is -4.86. The number of allylic oxidation sites excluding steroid dienone is 1. The molecular formula is C28H16F6O4. The van der Waals surface area contributed by atoms with Crippen LogP contribution < -0.4 is 9.47 Å². The molecule has 3 rings (SSSR count). The van der Waals surface area contributed by atoms with E-state index in [9.17, 15) is 35.9 Å². The van der Waals surface area contributed by atoms with Crippen LogP contribution in [0, 0.1) is 0 Å². The number of carbonyl (C=O) groups excluding carboxylic acids is 2. The number of halogens is 6. The van der Waals surface area contributed by atoms with E-state index in [1.54, 1.807) is 30.3 Å². The molecule has 0 aliphatic heterocycles. The van der Waals surface area contributed by atoms with Gasteiger partial charge in [0.15, 0.2) is 11.6 Å². The smallest absolute Gasteiger partial charge is 0.344 e. The van der Waals surface area contributed by atoms with E-state index in [2.05, 4.69) is 16.1 Å². The second-order valence-electron chi connectivity index (χ2n) is 7.41. The number of Topliss-reactive ketones (excluding diaryl/α,β-unsaturated/α-hetero) is 2. The van der Waals surface area contributed by atoms with Crippen LogP contribution in [0.1, 0.15) is 31.8 Å². The minimum absolute atomic E-state index is 0.0460. The Morgan fingerprint density at radius 2 is 0.947 bits per heavy atom. The fourth-order valence-corrected chi connectivity index (χ4v) is 3.07. The minimum Gasteiger partial charge on any atom is -0.428 e. The largest absolute Gasteiger partial charge is 0.428 e. The summed E-state index contributed by atoms with van der Waals surface area (Å²) < 4.78 is 83.8. The van der Waals surface area contributed by atoms with Gasteiger partial charge in [-0.2, -0.15) is 26.3 Å². The molecule has 10 heteroatoms. The highest BCUT2D eigenvalue weighted by molar-refractivity contribution is 6.33. The molecule has 0 spiro atoms. The Morgan fingerprint density at radius 1 is 0.579 bits per heavy atom. The molecule has 3 aromatic rings. The topological polar surface area (TPSA) is 52.6 Å². The van der Waals surface area contributed by atoms with Crippen molar-refractivity contribution in [2.45, 2.75) is 0 Å². The van der Waals surface area contributed by atoms with Crippen LogP contribution in [0.15, 0.2) is 109 Å². The molecule has 0 fully saturated rings. The van der Waals surface area contributed by atoms with E-state index in [4.69, 9.17) is 0 Å². The van der Waals surface area contributed by atoms with Crippen molar-refractivity contribution in [1.82, 2.24) is 0 Å². The number of ether oxygens (including phenoxy) is 2. The molecule has 38 heavy (non-hydrogen) atoms. The standard InChI is InChI=1S/C28H16F6O4/c1-2-16-3-5-17(6-4-16)15-22(23(35)18-7-11-20(12-8-18)37-27(33)25(29)30)24(36)19-9-13-21(14-10-19)38-28(34)26(31)32/h2-15H,1H2. The second-order valence-corrected chi connectivity index (χ2v) is 7.41. The Morgan fingerprint density at radius 3 is 1.29 bits per heavy atom. The maximum atomic E-state index is 13.3. The highest BCUT2D eigenvalue weighted by atomic mass is 19.3. The summed E-state index contributed by atoms with van der Waals surface area (Å²) in [4.78, 5) is 26.6. The van der Waals surface area contributed by atoms with E-state index < -0.39 is 35.8 Å². The minimum atomic E-state index is -2.66. The van der Waals surface area contributed by atoms with Crippen molar-refractivity contribution in [1.29, 1.82) is 0 Å². The van der Waals surface area contributed by atoms with E-state index in [0.29, 0.717) is 5.56 Å². The quantitative estimate of drug-likeness (QED) is 0.0661. The molecule has 0 radical (unpaired) electrons. The van der Waals surface area contributed by atoms with Crippen LogP contribution in [0.3, 0.4) is 0 Å². The molecule has 0 aliphatic carbocycles. The zero-order valence-corrected chi connectivity index (χ0v) is 19.2. The average molecular weight is 530 g/mol. The van der Waals surface area contributed by atoms with Gasteiger partial charge in [0.2, 0.25) is 0 Å². The van der Waals surface area contributed by atoms with Crippen molar-refractivity contribution in [3.05, 3.63) is 131 Å². The lowest BCUT2D eigenvalue weighted by atomic mass is 9.93. The average Bonchev–Trinajstić information content (AvgIpc) is 2.92. The Bertz CT molecular complexity index is 1350. The van der Waals surface area contributed by atoms with Gasteiger partial charge in [0, 0.05) is 11.1 Å². The lowest BCUT2D eigenvalue weighted by Crippen LogP contribution is -2.14. The molecule has 0 aliphatic rings. The van der Waals surface area contributed by atoms with Crippen LogP contribution in [0.5, 0.6) is 11.5 Å². The number of ketones is 2. The summed E-state index contributed by atoms with van der Waals surface area (Å²) in [6.07, 6.45) is -2.41. The van der Waals surface area contributed by atoms with Crippen LogP contribution in [0.4, 0.5) is 26.3 Å². The molecule has 0 amide bonds. The number of benzene rings is 3. The molecule has 0 unspecified atom stereocenters. The molecule has 0 heterocycles. The van der Waals surface area contributed by atoms with Gasteiger partial charge in [0.1, 0.15) is 11.5 Å². The van der Waals surface area contributed by atoms with Crippen molar-refractivity contribution >= 4 is 23.7 Å². The van der Waals surface area contributed by atoms with E-state index >= 15 is 0 Å². The second kappa shape index (κ2) is 12.4. The molecule has 0 aromatic heterocycles. The molecule has 0 saturated heterocycles. The predicted octanol–water partition coefficient (Wildman–Crippen LogP) is 8.31. The van der Waals surface area contributed by atoms with Crippen molar-refractivity contribution < 1.29 is 45.4 Å². The molecule has 0 bridgehead atoms. The zero-order valence-electron chi connectivity index (χ0n) is 19.2. The first-order chi connectivity index (χ1) is 18.1. The molecular weight excluding hydrogens is 514 g/mol. The highest BCUT2D eigenvalue weighted by Gasteiger charge is 2.22. The number of rotatable bonds is 10. The molecule has 4 nitrogen and oxygen atoms in total. The predicted molar refractivity (Wildman–Crippen MR) is 128 cm³/mol. The molecule has 0 atom stereocenters. The van der Waals surface area contributed by atoms with E-state index in [1.807, 2.05) is 0 Å². The molecule has 0 saturated carbocycles. The normalized spacial score (nSPS) is 10.2. The third-order valence-electron chi connectivity index (χ3n) is 4.92. The summed E-state index contributed by atoms with van der Waals surface area (Å²) in [7, 11) is 0. The van der Waals surface area contributed by atoms with Gasteiger partial charge in [0.25, 0.3) is 0 Å². The number of hydrogen-bond donors (Lipinski definition) is 0. The summed E-state index contributed by atoms with van der Waals surface area (Å²) >= 11 is 0. The summed E-state index contributed by atoms with van der Waals surface area (Å²) in [6, 6.07) is 11.3. The van der Waals surface area contributed by atoms with Gasteiger partial charge < -0.3 is 9.47 Å². The van der Waals surface area contributed by atoms with Gasteiger partial charge >= 0.3 is 24.2 Å². The van der Waals surface area contributed by atoms with Crippen LogP contribution in [-0.4, -0.2) is 11.6 Å². The maximum absolute atomic E-state index is 13.3. The number of hydrogen-bond acceptors (Lipinski definition) is 4. The summed E-state index contributed by atoms with van der Waals surface area (Å²) in [5, 5.41) is 0. The summed E-state index contributed by atoms with van der Waals surface area (Å²) in [6.45, 7) is 3.65. The Kier molecular flexibility index (Phi) is 9.04. The lowest BCUT2D eigenvalue weighted by molar-refractivity contribution is 0.0964. The SMILES string of the molecule is C=Cc1ccc(C=C(C(=O)c2ccc(OC(F)=C(F)F)cc2)C(=O)c2ccc(OC(F)=C(F)F)cc2)cc1. The zero-order chi connectivity index (χ0) is 27.8. The first kappa shape index (κ1) is 27.7. The third kappa shape index (κ3) is 7.10. The van der Waals surface area contributed by atoms with Crippen LogP contribution >= 0.6 is 0 Å². The van der Waals surface area contributed by atoms with Gasteiger partial charge in [-0.1, -0.05) is 36.9 Å². The molecule has 0 N–H and O–H groups in total. The molecule has 3 aromatic carbocycles. The van der Waals surface area contributed by atoms with Gasteiger partial charge in [0.05, 0.1) is 5.57 Å². The maximum Gasteiger partial charge on any atom is 0.344 e. The van der Waals surface area contributed by atoms with Gasteiger partial charge in [-0.05, 0) is 65.7 Å². The van der Waals surface area contributed by atoms with Crippen molar-refractivity contribution in [2.75, 3.05) is 0 Å². The fraction of sp³-hybridized carbons (Fsp3) is 0. The molecule has 194 valence electrons. The van der Waals surface area contributed by atoms with Crippen molar-refractivity contribution in [2.24, 2.45) is 0 Å². The lowest BCUT2D eigenvalue weighted by Gasteiger charge is -2.09. The van der Waals surface area contributed by atoms with Crippen LogP contribution in [0.2, 0.25) is 0 Å². The van der Waals surface area contributed by atoms with E-state index in [-0.39, 0.29) is 28.2 Å². The van der Waals surface area contributed by atoms with Crippen LogP contribution in [-0.2, 0) is 0 Å². The van der Waals surface area contributed by atoms with Gasteiger partial charge in [-0.25, -0.2) is 0 Å². The van der Waals surface area contributed by atoms with E-state index in [1.165, 1.54) is 6.08 Å². The van der Waals surface area contributed by atoms with Crippen molar-refractivity contribution in [3.8, 4) is 11.5 Å².